The summed E-state index contributed by atoms with van der Waals surface area (Å²) in [6.07, 6.45) is 0. The highest BCUT2D eigenvalue weighted by atomic mass is 28.3. The SMILES string of the molecule is Cc1cccc(C(C)([Si]c2ccccc2)[Si](c2ccccc2)c2ccccc2)c1. The molecule has 0 heterocycles. The van der Waals surface area contributed by atoms with Gasteiger partial charge in [0, 0.05) is 0 Å². The molecule has 0 aromatic heterocycles. The molecule has 0 saturated carbocycles. The molecule has 0 saturated heterocycles. The van der Waals surface area contributed by atoms with E-state index in [0.717, 1.165) is 0 Å². The molecular formula is C27H25Si2. The Balaban J connectivity index is 1.93. The van der Waals surface area contributed by atoms with E-state index in [4.69, 9.17) is 0 Å². The highest BCUT2D eigenvalue weighted by Gasteiger charge is 2.40. The summed E-state index contributed by atoms with van der Waals surface area (Å²) in [7, 11) is -0.392. The van der Waals surface area contributed by atoms with E-state index in [1.54, 1.807) is 0 Å². The molecule has 0 bridgehead atoms. The van der Waals surface area contributed by atoms with Crippen molar-refractivity contribution in [3.63, 3.8) is 0 Å². The lowest BCUT2D eigenvalue weighted by Crippen LogP contribution is -2.61. The van der Waals surface area contributed by atoms with Crippen molar-refractivity contribution in [2.75, 3.05) is 0 Å². The number of benzene rings is 4. The third-order valence-corrected chi connectivity index (χ3v) is 11.0. The van der Waals surface area contributed by atoms with Crippen LogP contribution in [0.4, 0.5) is 0 Å². The first-order chi connectivity index (χ1) is 14.2. The molecule has 3 radical (unpaired) electrons. The summed E-state index contributed by atoms with van der Waals surface area (Å²) in [6, 6.07) is 42.4. The summed E-state index contributed by atoms with van der Waals surface area (Å²) < 4.78 is 0.0424. The van der Waals surface area contributed by atoms with E-state index >= 15 is 0 Å². The van der Waals surface area contributed by atoms with Gasteiger partial charge in [-0.05, 0) is 17.1 Å². The van der Waals surface area contributed by atoms with Gasteiger partial charge in [-0.25, -0.2) is 0 Å². The zero-order chi connectivity index (χ0) is 20.1. The second-order valence-electron chi connectivity index (χ2n) is 7.59. The Labute approximate surface area is 178 Å². The zero-order valence-electron chi connectivity index (χ0n) is 17.0. The second kappa shape index (κ2) is 8.77. The van der Waals surface area contributed by atoms with Gasteiger partial charge in [0.25, 0.3) is 0 Å². The number of aryl methyl sites for hydroxylation is 1. The van der Waals surface area contributed by atoms with Gasteiger partial charge in [-0.15, -0.1) is 0 Å². The highest BCUT2D eigenvalue weighted by Crippen LogP contribution is 2.27. The Bertz CT molecular complexity index is 1010. The molecule has 141 valence electrons. The molecule has 29 heavy (non-hydrogen) atoms. The summed E-state index contributed by atoms with van der Waals surface area (Å²) in [6.45, 7) is 4.69. The fourth-order valence-electron chi connectivity index (χ4n) is 4.00. The minimum atomic E-state index is -1.09. The molecule has 0 N–H and O–H groups in total. The zero-order valence-corrected chi connectivity index (χ0v) is 19.0. The van der Waals surface area contributed by atoms with Crippen LogP contribution in [0.5, 0.6) is 0 Å². The maximum Gasteiger partial charge on any atom is 0.129 e. The van der Waals surface area contributed by atoms with Crippen molar-refractivity contribution < 1.29 is 0 Å². The largest absolute Gasteiger partial charge is 0.129 e. The van der Waals surface area contributed by atoms with Gasteiger partial charge in [-0.1, -0.05) is 143 Å². The minimum absolute atomic E-state index is 0.0424. The van der Waals surface area contributed by atoms with Crippen molar-refractivity contribution in [2.45, 2.75) is 18.5 Å². The van der Waals surface area contributed by atoms with E-state index in [-0.39, 0.29) is 4.66 Å². The maximum absolute atomic E-state index is 2.49. The summed E-state index contributed by atoms with van der Waals surface area (Å²) in [5.41, 5.74) is 2.77. The van der Waals surface area contributed by atoms with E-state index in [9.17, 15) is 0 Å². The van der Waals surface area contributed by atoms with Crippen LogP contribution in [0.1, 0.15) is 18.1 Å². The van der Waals surface area contributed by atoms with Gasteiger partial charge in [0.15, 0.2) is 0 Å². The van der Waals surface area contributed by atoms with Crippen LogP contribution in [0.3, 0.4) is 0 Å². The number of rotatable bonds is 6. The Hall–Kier alpha value is -2.69. The molecular weight excluding hydrogens is 380 g/mol. The van der Waals surface area contributed by atoms with Gasteiger partial charge in [-0.2, -0.15) is 0 Å². The Morgan fingerprint density at radius 2 is 1.14 bits per heavy atom. The van der Waals surface area contributed by atoms with Gasteiger partial charge in [0.2, 0.25) is 0 Å². The smallest absolute Gasteiger partial charge is 0.0636 e. The van der Waals surface area contributed by atoms with Crippen molar-refractivity contribution in [3.05, 3.63) is 126 Å². The van der Waals surface area contributed by atoms with Crippen LogP contribution in [0.2, 0.25) is 0 Å². The number of hydrogen-bond donors (Lipinski definition) is 0. The van der Waals surface area contributed by atoms with Gasteiger partial charge in [0.05, 0.1) is 9.52 Å². The van der Waals surface area contributed by atoms with Crippen LogP contribution in [0.25, 0.3) is 0 Å². The van der Waals surface area contributed by atoms with Gasteiger partial charge < -0.3 is 0 Å². The fourth-order valence-corrected chi connectivity index (χ4v) is 10.0. The quantitative estimate of drug-likeness (QED) is 0.424. The van der Waals surface area contributed by atoms with Gasteiger partial charge >= 0.3 is 0 Å². The molecule has 1 atom stereocenters. The molecule has 0 fully saturated rings. The number of hydrogen-bond acceptors (Lipinski definition) is 0. The average Bonchev–Trinajstić information content (AvgIpc) is 2.76. The fraction of sp³-hybridized carbons (Fsp3) is 0.111. The van der Waals surface area contributed by atoms with Crippen LogP contribution in [0.15, 0.2) is 115 Å². The molecule has 4 aromatic rings. The summed E-state index contributed by atoms with van der Waals surface area (Å²) in [5.74, 6) is 0. The molecule has 0 spiro atoms. The van der Waals surface area contributed by atoms with Crippen molar-refractivity contribution in [2.24, 2.45) is 0 Å². The van der Waals surface area contributed by atoms with Crippen LogP contribution < -0.4 is 15.6 Å². The third kappa shape index (κ3) is 4.34. The van der Waals surface area contributed by atoms with Crippen molar-refractivity contribution in [1.82, 2.24) is 0 Å². The second-order valence-corrected chi connectivity index (χ2v) is 12.8. The molecule has 4 rings (SSSR count). The minimum Gasteiger partial charge on any atom is -0.0636 e. The Kier molecular flexibility index (Phi) is 5.93. The van der Waals surface area contributed by atoms with Gasteiger partial charge in [0.1, 0.15) is 8.80 Å². The molecule has 0 amide bonds. The van der Waals surface area contributed by atoms with E-state index in [1.807, 2.05) is 0 Å². The predicted molar refractivity (Wildman–Crippen MR) is 128 cm³/mol. The first-order valence-electron chi connectivity index (χ1n) is 10.1. The average molecular weight is 406 g/mol. The molecule has 0 aliphatic heterocycles. The van der Waals surface area contributed by atoms with Crippen molar-refractivity contribution >= 4 is 33.9 Å². The first-order valence-corrected chi connectivity index (χ1v) is 12.6. The molecule has 0 nitrogen and oxygen atoms in total. The first kappa shape index (κ1) is 19.6. The lowest BCUT2D eigenvalue weighted by Gasteiger charge is -2.38. The summed E-state index contributed by atoms with van der Waals surface area (Å²) in [4.78, 5) is 0. The monoisotopic (exact) mass is 405 g/mol. The maximum atomic E-state index is 2.49. The van der Waals surface area contributed by atoms with Crippen LogP contribution in [-0.4, -0.2) is 18.3 Å². The van der Waals surface area contributed by atoms with E-state index < -0.39 is 8.80 Å². The summed E-state index contributed by atoms with van der Waals surface area (Å²) >= 11 is 0. The topological polar surface area (TPSA) is 0 Å². The predicted octanol–water partition coefficient (Wildman–Crippen LogP) is 4.09. The standard InChI is InChI=1S/C27H25Si2/c1-22-13-12-14-23(21-22)27(2,28-24-15-6-3-7-16-24)29(25-17-8-4-9-18-25)26-19-10-5-11-20-26/h3-21H,1-2H3. The van der Waals surface area contributed by atoms with Gasteiger partial charge in [-0.3, -0.25) is 0 Å². The van der Waals surface area contributed by atoms with E-state index in [2.05, 4.69) is 129 Å². The van der Waals surface area contributed by atoms with E-state index in [1.165, 1.54) is 26.7 Å². The lowest BCUT2D eigenvalue weighted by atomic mass is 10.1. The van der Waals surface area contributed by atoms with Crippen LogP contribution >= 0.6 is 0 Å². The van der Waals surface area contributed by atoms with Crippen LogP contribution in [-0.2, 0) is 4.66 Å². The molecule has 1 unspecified atom stereocenters. The highest BCUT2D eigenvalue weighted by molar-refractivity contribution is 6.95. The molecule has 2 heteroatoms. The molecule has 4 aromatic carbocycles. The normalized spacial score (nSPS) is 13.2. The van der Waals surface area contributed by atoms with Crippen molar-refractivity contribution in [1.29, 1.82) is 0 Å². The third-order valence-electron chi connectivity index (χ3n) is 5.39. The Morgan fingerprint density at radius 3 is 1.66 bits per heavy atom. The molecule has 0 aliphatic rings. The van der Waals surface area contributed by atoms with Crippen molar-refractivity contribution in [3.8, 4) is 0 Å². The Morgan fingerprint density at radius 1 is 0.621 bits per heavy atom. The summed E-state index contributed by atoms with van der Waals surface area (Å²) in [5, 5.41) is 4.36. The molecule has 0 aliphatic carbocycles. The van der Waals surface area contributed by atoms with Crippen LogP contribution in [0, 0.1) is 6.92 Å². The lowest BCUT2D eigenvalue weighted by molar-refractivity contribution is 0.937. The van der Waals surface area contributed by atoms with E-state index in [0.29, 0.717) is 9.52 Å².